The quantitative estimate of drug-likeness (QED) is 0.126. The zero-order valence-corrected chi connectivity index (χ0v) is 41.3. The summed E-state index contributed by atoms with van der Waals surface area (Å²) in [5, 5.41) is 2.11. The zero-order valence-electron chi connectivity index (χ0n) is 41.3. The Balaban J connectivity index is 0.913. The van der Waals surface area contributed by atoms with Crippen LogP contribution >= 0.6 is 0 Å². The van der Waals surface area contributed by atoms with Crippen LogP contribution in [0.2, 0.25) is 0 Å². The van der Waals surface area contributed by atoms with Crippen LogP contribution in [0.5, 0.6) is 0 Å². The van der Waals surface area contributed by atoms with Gasteiger partial charge in [0.2, 0.25) is 0 Å². The molecule has 4 nitrogen and oxygen atoms in total. The molecule has 0 aliphatic carbocycles. The highest BCUT2D eigenvalue weighted by molar-refractivity contribution is 6.50. The second-order valence-corrected chi connectivity index (χ2v) is 19.4. The van der Waals surface area contributed by atoms with Crippen molar-refractivity contribution in [3.8, 4) is 66.8 Å². The normalized spacial score (nSPS) is 13.3. The van der Waals surface area contributed by atoms with Gasteiger partial charge in [0.15, 0.2) is 0 Å². The molecule has 0 unspecified atom stereocenters. The molecule has 14 rings (SSSR count). The number of nitrogens with zero attached hydrogens (tertiary/aromatic N) is 3. The van der Waals surface area contributed by atoms with Crippen molar-refractivity contribution in [1.82, 2.24) is 8.96 Å². The Morgan fingerprint density at radius 1 is 0.280 bits per heavy atom. The molecule has 0 saturated heterocycles. The SMILES string of the molecule is COB1n2c3ccc2C(c2ccc(-c4ccc(-c5ccccc5)cc4)cc2)=c2ccc(n21)=C(c1ccc(-c2ccc(-c4ccccc4)cc2)cc1)C1=NC(=C3c2ccc(-c3ccc(-c4ccccc4)cc3)cc2)C=C1. The third-order valence-electron chi connectivity index (χ3n) is 15.2. The molecule has 5 heteroatoms. The van der Waals surface area contributed by atoms with E-state index in [1.165, 1.54) is 55.6 Å². The van der Waals surface area contributed by atoms with E-state index in [2.05, 4.69) is 282 Å². The van der Waals surface area contributed by atoms with Gasteiger partial charge in [-0.1, -0.05) is 237 Å². The van der Waals surface area contributed by atoms with Gasteiger partial charge in [0, 0.05) is 45.9 Å². The van der Waals surface area contributed by atoms with E-state index in [9.17, 15) is 0 Å². The largest absolute Gasteiger partial charge is 0.557 e. The van der Waals surface area contributed by atoms with E-state index in [1.54, 1.807) is 0 Å². The first-order valence-electron chi connectivity index (χ1n) is 25.6. The van der Waals surface area contributed by atoms with Gasteiger partial charge in [0.05, 0.1) is 11.4 Å². The van der Waals surface area contributed by atoms with Gasteiger partial charge in [-0.25, -0.2) is 4.99 Å². The molecule has 5 heterocycles. The summed E-state index contributed by atoms with van der Waals surface area (Å²) in [6.45, 7) is 0. The lowest BCUT2D eigenvalue weighted by molar-refractivity contribution is 0.396. The van der Waals surface area contributed by atoms with Crippen molar-refractivity contribution in [1.29, 1.82) is 0 Å². The Kier molecular flexibility index (Phi) is 10.9. The van der Waals surface area contributed by atoms with Crippen LogP contribution in [0.4, 0.5) is 0 Å². The summed E-state index contributed by atoms with van der Waals surface area (Å²) < 4.78 is 11.5. The zero-order chi connectivity index (χ0) is 49.8. The first-order valence-corrected chi connectivity index (χ1v) is 25.6. The van der Waals surface area contributed by atoms with Gasteiger partial charge in [-0.3, -0.25) is 0 Å². The summed E-state index contributed by atoms with van der Waals surface area (Å²) >= 11 is 0. The molecule has 0 atom stereocenters. The lowest BCUT2D eigenvalue weighted by atomic mass is 9.88. The molecule has 0 N–H and O–H groups in total. The third kappa shape index (κ3) is 7.81. The number of benzene rings is 9. The number of aliphatic imine (C=N–C) groups is 1. The first kappa shape index (κ1) is 44.2. The Hall–Kier alpha value is -9.55. The lowest BCUT2D eigenvalue weighted by Gasteiger charge is -2.28. The van der Waals surface area contributed by atoms with E-state index < -0.39 is 7.19 Å². The highest BCUT2D eigenvalue weighted by Crippen LogP contribution is 2.39. The van der Waals surface area contributed by atoms with Gasteiger partial charge >= 0.3 is 7.19 Å². The number of hydrogen-bond donors (Lipinski definition) is 0. The van der Waals surface area contributed by atoms with Crippen molar-refractivity contribution >= 4 is 29.6 Å². The molecule has 75 heavy (non-hydrogen) atoms. The number of hydrogen-bond acceptors (Lipinski definition) is 2. The van der Waals surface area contributed by atoms with Gasteiger partial charge in [0.1, 0.15) is 0 Å². The lowest BCUT2D eigenvalue weighted by Crippen LogP contribution is -2.52. The van der Waals surface area contributed by atoms with Gasteiger partial charge in [0.25, 0.3) is 0 Å². The van der Waals surface area contributed by atoms with Gasteiger partial charge in [-0.05, 0) is 120 Å². The van der Waals surface area contributed by atoms with Crippen LogP contribution in [-0.4, -0.2) is 29.0 Å². The van der Waals surface area contributed by atoms with Crippen LogP contribution in [0.15, 0.2) is 284 Å². The molecule has 11 aromatic rings. The summed E-state index contributed by atoms with van der Waals surface area (Å²) in [7, 11) is 1.33. The Morgan fingerprint density at radius 2 is 0.573 bits per heavy atom. The summed E-state index contributed by atoms with van der Waals surface area (Å²) in [5.74, 6) is 0. The highest BCUT2D eigenvalue weighted by atomic mass is 16.4. The molecule has 0 fully saturated rings. The van der Waals surface area contributed by atoms with Crippen molar-refractivity contribution in [2.75, 3.05) is 7.11 Å². The number of rotatable bonds is 10. The minimum absolute atomic E-state index is 0.496. The molecule has 0 radical (unpaired) electrons. The van der Waals surface area contributed by atoms with Gasteiger partial charge in [-0.2, -0.15) is 0 Å². The Labute approximate surface area is 437 Å². The van der Waals surface area contributed by atoms with E-state index in [0.717, 1.165) is 78.0 Å². The Morgan fingerprint density at radius 3 is 0.933 bits per heavy atom. The summed E-state index contributed by atoms with van der Waals surface area (Å²) in [4.78, 5) is 5.57. The van der Waals surface area contributed by atoms with Gasteiger partial charge in [-0.15, -0.1) is 0 Å². The maximum atomic E-state index is 6.73. The summed E-state index contributed by atoms with van der Waals surface area (Å²) in [5.41, 5.74) is 24.7. The predicted octanol–water partition coefficient (Wildman–Crippen LogP) is 14.9. The average Bonchev–Trinajstić information content (AvgIpc) is 4.27. The van der Waals surface area contributed by atoms with Crippen LogP contribution in [0.25, 0.3) is 83.5 Å². The fourth-order valence-corrected chi connectivity index (χ4v) is 11.4. The minimum Gasteiger partial charge on any atom is -0.400 e. The maximum Gasteiger partial charge on any atom is 0.557 e. The molecule has 3 aliphatic heterocycles. The topological polar surface area (TPSA) is 31.4 Å². The Bertz CT molecular complexity index is 4170. The van der Waals surface area contributed by atoms with Crippen LogP contribution in [0.1, 0.15) is 28.1 Å². The molecule has 0 amide bonds. The molecule has 9 aromatic carbocycles. The fourth-order valence-electron chi connectivity index (χ4n) is 11.4. The minimum atomic E-state index is -0.496. The first-order chi connectivity index (χ1) is 37.1. The molecule has 0 saturated carbocycles. The molecule has 4 bridgehead atoms. The van der Waals surface area contributed by atoms with Gasteiger partial charge < -0.3 is 13.6 Å². The number of allylic oxidation sites excluding steroid dienone is 2. The average molecular weight is 958 g/mol. The molecular weight excluding hydrogens is 910 g/mol. The van der Waals surface area contributed by atoms with Crippen molar-refractivity contribution in [3.63, 3.8) is 0 Å². The van der Waals surface area contributed by atoms with Crippen LogP contribution < -0.4 is 10.7 Å². The van der Waals surface area contributed by atoms with E-state index >= 15 is 0 Å². The second-order valence-electron chi connectivity index (χ2n) is 19.4. The van der Waals surface area contributed by atoms with Crippen molar-refractivity contribution in [2.24, 2.45) is 4.99 Å². The van der Waals surface area contributed by atoms with E-state index in [-0.39, 0.29) is 0 Å². The molecule has 352 valence electrons. The van der Waals surface area contributed by atoms with Crippen LogP contribution in [-0.2, 0) is 4.65 Å². The molecule has 0 spiro atoms. The highest BCUT2D eigenvalue weighted by Gasteiger charge is 2.37. The van der Waals surface area contributed by atoms with Crippen LogP contribution in [0, 0.1) is 0 Å². The maximum absolute atomic E-state index is 6.73. The standard InChI is InChI=1S/C70H48BN3O/c1-75-71-73-64-43-45-66(73)70(61-39-33-58(34-40-61)55-27-21-52(22-28-55)49-15-9-4-10-16-49)67-46-44-65(74(67)71)69(60-37-31-57(32-38-60)54-25-19-51(20-26-54)48-13-7-3-8-14-48)63-42-41-62(72-63)68(64)59-35-29-56(30-36-59)53-23-17-50(18-24-53)47-11-5-2-6-12-47/h2-46H,1H3. The van der Waals surface area contributed by atoms with E-state index in [4.69, 9.17) is 9.65 Å². The van der Waals surface area contributed by atoms with E-state index in [0.29, 0.717) is 0 Å². The third-order valence-corrected chi connectivity index (χ3v) is 15.2. The smallest absolute Gasteiger partial charge is 0.400 e. The fraction of sp³-hybridized carbons (Fsp3) is 0.0143. The van der Waals surface area contributed by atoms with Crippen molar-refractivity contribution in [3.05, 3.63) is 317 Å². The second kappa shape index (κ2) is 18.5. The van der Waals surface area contributed by atoms with Crippen molar-refractivity contribution < 1.29 is 4.65 Å². The molecule has 3 aliphatic rings. The predicted molar refractivity (Wildman–Crippen MR) is 310 cm³/mol. The summed E-state index contributed by atoms with van der Waals surface area (Å²) in [6.07, 6.45) is 4.38. The number of aromatic nitrogens is 2. The van der Waals surface area contributed by atoms with E-state index in [1.807, 2.05) is 7.11 Å². The molecular formula is C70H48BN3O. The molecule has 2 aromatic heterocycles. The monoisotopic (exact) mass is 957 g/mol. The van der Waals surface area contributed by atoms with Crippen LogP contribution in [0.3, 0.4) is 0 Å². The summed E-state index contributed by atoms with van der Waals surface area (Å²) in [6, 6.07) is 94.3. The number of fused-ring (bicyclic) bond motifs is 1. The van der Waals surface area contributed by atoms with Crippen molar-refractivity contribution in [2.45, 2.75) is 0 Å².